The molecule has 1 radical (unpaired) electrons. The van der Waals surface area contributed by atoms with Gasteiger partial charge in [0.15, 0.2) is 0 Å². The lowest BCUT2D eigenvalue weighted by atomic mass is 10.3. The molecule has 0 heterocycles. The number of halogens is 2. The van der Waals surface area contributed by atoms with E-state index in [0.29, 0.717) is 22.4 Å². The minimum absolute atomic E-state index is 0.489. The molecule has 1 aromatic carbocycles. The molecule has 69 valence electrons. The van der Waals surface area contributed by atoms with E-state index in [-0.39, 0.29) is 0 Å². The fraction of sp³-hybridized carbons (Fsp3) is 0.200. The standard InChI is InChI=1S/C10H9Cl2O/c1-2-3-6-13-10-5-4-8(11)7-9(10)12/h2-3,5,7H,6H2,1H3. The molecule has 0 saturated heterocycles. The number of benzene rings is 1. The van der Waals surface area contributed by atoms with Gasteiger partial charge in [-0.3, -0.25) is 0 Å². The van der Waals surface area contributed by atoms with E-state index < -0.39 is 0 Å². The highest BCUT2D eigenvalue weighted by Gasteiger charge is 2.00. The predicted molar refractivity (Wildman–Crippen MR) is 55.6 cm³/mol. The zero-order valence-corrected chi connectivity index (χ0v) is 8.69. The molecule has 0 N–H and O–H groups in total. The van der Waals surface area contributed by atoms with Crippen LogP contribution in [0.15, 0.2) is 24.3 Å². The maximum absolute atomic E-state index is 5.85. The van der Waals surface area contributed by atoms with Crippen molar-refractivity contribution in [3.05, 3.63) is 40.4 Å². The van der Waals surface area contributed by atoms with Crippen molar-refractivity contribution in [2.24, 2.45) is 0 Å². The Morgan fingerprint density at radius 2 is 2.31 bits per heavy atom. The molecule has 13 heavy (non-hydrogen) atoms. The van der Waals surface area contributed by atoms with Crippen LogP contribution in [-0.4, -0.2) is 6.61 Å². The first-order valence-electron chi connectivity index (χ1n) is 3.84. The minimum atomic E-state index is 0.489. The molecular formula is C10H9Cl2O. The highest BCUT2D eigenvalue weighted by atomic mass is 35.5. The Labute approximate surface area is 87.9 Å². The van der Waals surface area contributed by atoms with Crippen LogP contribution >= 0.6 is 23.2 Å². The maximum atomic E-state index is 5.85. The van der Waals surface area contributed by atoms with Crippen LogP contribution in [0.4, 0.5) is 0 Å². The molecule has 0 unspecified atom stereocenters. The topological polar surface area (TPSA) is 9.23 Å². The van der Waals surface area contributed by atoms with Crippen LogP contribution in [-0.2, 0) is 0 Å². The van der Waals surface area contributed by atoms with Crippen molar-refractivity contribution in [3.8, 4) is 5.75 Å². The zero-order valence-electron chi connectivity index (χ0n) is 7.18. The molecule has 1 rings (SSSR count). The van der Waals surface area contributed by atoms with Gasteiger partial charge in [0.1, 0.15) is 12.4 Å². The largest absolute Gasteiger partial charge is 0.488 e. The third-order valence-electron chi connectivity index (χ3n) is 1.40. The van der Waals surface area contributed by atoms with Crippen molar-refractivity contribution < 1.29 is 4.74 Å². The molecule has 3 heteroatoms. The van der Waals surface area contributed by atoms with Gasteiger partial charge in [-0.25, -0.2) is 0 Å². The molecule has 0 spiro atoms. The van der Waals surface area contributed by atoms with E-state index in [9.17, 15) is 0 Å². The number of hydrogen-bond donors (Lipinski definition) is 0. The van der Waals surface area contributed by atoms with Crippen LogP contribution < -0.4 is 4.74 Å². The second kappa shape index (κ2) is 5.15. The number of ether oxygens (including phenoxy) is 1. The van der Waals surface area contributed by atoms with E-state index in [1.165, 1.54) is 0 Å². The van der Waals surface area contributed by atoms with Crippen LogP contribution in [0.25, 0.3) is 0 Å². The molecule has 0 saturated carbocycles. The first kappa shape index (κ1) is 10.4. The van der Waals surface area contributed by atoms with Gasteiger partial charge in [-0.1, -0.05) is 35.4 Å². The van der Waals surface area contributed by atoms with Gasteiger partial charge in [0, 0.05) is 6.07 Å². The molecule has 0 aliphatic heterocycles. The van der Waals surface area contributed by atoms with Crippen LogP contribution in [0.3, 0.4) is 0 Å². The number of allylic oxidation sites excluding steroid dienone is 1. The van der Waals surface area contributed by atoms with Crippen molar-refractivity contribution in [3.63, 3.8) is 0 Å². The summed E-state index contributed by atoms with van der Waals surface area (Å²) in [4.78, 5) is 0. The summed E-state index contributed by atoms with van der Waals surface area (Å²) in [5, 5.41) is 0.997. The van der Waals surface area contributed by atoms with Crippen molar-refractivity contribution >= 4 is 23.2 Å². The van der Waals surface area contributed by atoms with Gasteiger partial charge in [-0.05, 0) is 19.1 Å². The Kier molecular flexibility index (Phi) is 4.13. The first-order chi connectivity index (χ1) is 6.24. The van der Waals surface area contributed by atoms with E-state index >= 15 is 0 Å². The zero-order chi connectivity index (χ0) is 9.68. The third kappa shape index (κ3) is 3.29. The van der Waals surface area contributed by atoms with Crippen LogP contribution in [0.1, 0.15) is 6.92 Å². The monoisotopic (exact) mass is 215 g/mol. The first-order valence-corrected chi connectivity index (χ1v) is 4.60. The van der Waals surface area contributed by atoms with Crippen molar-refractivity contribution in [2.75, 3.05) is 6.61 Å². The predicted octanol–water partition coefficient (Wildman–Crippen LogP) is 3.75. The van der Waals surface area contributed by atoms with Crippen molar-refractivity contribution in [1.29, 1.82) is 0 Å². The van der Waals surface area contributed by atoms with Gasteiger partial charge in [-0.15, -0.1) is 0 Å². The Morgan fingerprint density at radius 3 is 2.92 bits per heavy atom. The molecule has 1 nitrogen and oxygen atoms in total. The summed E-state index contributed by atoms with van der Waals surface area (Å²) in [5.41, 5.74) is 0. The Hall–Kier alpha value is -0.660. The maximum Gasteiger partial charge on any atom is 0.139 e. The molecular weight excluding hydrogens is 207 g/mol. The normalized spacial score (nSPS) is 10.7. The summed E-state index contributed by atoms with van der Waals surface area (Å²) in [6.07, 6.45) is 3.80. The van der Waals surface area contributed by atoms with Gasteiger partial charge in [0.25, 0.3) is 0 Å². The fourth-order valence-corrected chi connectivity index (χ4v) is 1.21. The number of rotatable bonds is 3. The fourth-order valence-electron chi connectivity index (χ4n) is 0.772. The summed E-state index contributed by atoms with van der Waals surface area (Å²) >= 11 is 11.5. The summed E-state index contributed by atoms with van der Waals surface area (Å²) in [5.74, 6) is 0.601. The smallest absolute Gasteiger partial charge is 0.139 e. The third-order valence-corrected chi connectivity index (χ3v) is 1.91. The average molecular weight is 216 g/mol. The van der Waals surface area contributed by atoms with E-state index in [4.69, 9.17) is 27.9 Å². The number of hydrogen-bond acceptors (Lipinski definition) is 1. The van der Waals surface area contributed by atoms with Gasteiger partial charge in [-0.2, -0.15) is 0 Å². The molecule has 1 aromatic rings. The molecule has 0 bridgehead atoms. The summed E-state index contributed by atoms with van der Waals surface area (Å²) in [6, 6.07) is 6.04. The molecule has 0 aliphatic carbocycles. The van der Waals surface area contributed by atoms with Crippen molar-refractivity contribution in [1.82, 2.24) is 0 Å². The lowest BCUT2D eigenvalue weighted by Gasteiger charge is -2.04. The van der Waals surface area contributed by atoms with Crippen molar-refractivity contribution in [2.45, 2.75) is 6.92 Å². The van der Waals surface area contributed by atoms with Gasteiger partial charge in [0.05, 0.1) is 10.0 Å². The molecule has 0 aliphatic rings. The van der Waals surface area contributed by atoms with Crippen LogP contribution in [0, 0.1) is 6.07 Å². The lowest BCUT2D eigenvalue weighted by molar-refractivity contribution is 0.363. The van der Waals surface area contributed by atoms with E-state index in [2.05, 4.69) is 6.07 Å². The Bertz CT molecular complexity index is 308. The van der Waals surface area contributed by atoms with Gasteiger partial charge in [0.2, 0.25) is 0 Å². The Morgan fingerprint density at radius 1 is 1.54 bits per heavy atom. The lowest BCUT2D eigenvalue weighted by Crippen LogP contribution is -1.93. The second-order valence-corrected chi connectivity index (χ2v) is 3.19. The molecule has 0 fully saturated rings. The van der Waals surface area contributed by atoms with Gasteiger partial charge < -0.3 is 4.74 Å². The molecule has 0 atom stereocenters. The quantitative estimate of drug-likeness (QED) is 0.699. The summed E-state index contributed by atoms with van der Waals surface area (Å²) < 4.78 is 5.32. The van der Waals surface area contributed by atoms with Crippen LogP contribution in [0.5, 0.6) is 5.75 Å². The minimum Gasteiger partial charge on any atom is -0.488 e. The van der Waals surface area contributed by atoms with E-state index in [1.807, 2.05) is 19.1 Å². The Balaban J connectivity index is 2.66. The van der Waals surface area contributed by atoms with E-state index in [0.717, 1.165) is 0 Å². The van der Waals surface area contributed by atoms with Crippen LogP contribution in [0.2, 0.25) is 10.0 Å². The molecule has 0 aromatic heterocycles. The van der Waals surface area contributed by atoms with E-state index in [1.54, 1.807) is 12.1 Å². The SMILES string of the molecule is CC=CCOc1c[c]c(Cl)cc1Cl. The highest BCUT2D eigenvalue weighted by Crippen LogP contribution is 2.26. The van der Waals surface area contributed by atoms with Gasteiger partial charge >= 0.3 is 0 Å². The summed E-state index contributed by atoms with van der Waals surface area (Å²) in [6.45, 7) is 2.44. The molecule has 0 amide bonds. The highest BCUT2D eigenvalue weighted by molar-refractivity contribution is 6.35. The summed E-state index contributed by atoms with van der Waals surface area (Å²) in [7, 11) is 0. The average Bonchev–Trinajstić information content (AvgIpc) is 2.09. The second-order valence-electron chi connectivity index (χ2n) is 2.37.